The monoisotopic (exact) mass is 538 g/mol. The van der Waals surface area contributed by atoms with Crippen LogP contribution in [0.25, 0.3) is 0 Å². The predicted octanol–water partition coefficient (Wildman–Crippen LogP) is 5.79. The van der Waals surface area contributed by atoms with Crippen molar-refractivity contribution in [2.24, 2.45) is 0 Å². The van der Waals surface area contributed by atoms with E-state index in [1.807, 2.05) is 54.6 Å². The lowest BCUT2D eigenvalue weighted by molar-refractivity contribution is 0.665. The molecular weight excluding hydrogens is 517 g/mol. The molecule has 178 valence electrons. The van der Waals surface area contributed by atoms with Crippen molar-refractivity contribution in [3.63, 3.8) is 0 Å². The van der Waals surface area contributed by atoms with Gasteiger partial charge in [-0.3, -0.25) is 0 Å². The van der Waals surface area contributed by atoms with Gasteiger partial charge in [-0.15, -0.1) is 0 Å². The van der Waals surface area contributed by atoms with Gasteiger partial charge in [-0.2, -0.15) is 0 Å². The van der Waals surface area contributed by atoms with Crippen molar-refractivity contribution in [3.05, 3.63) is 96.6 Å². The highest BCUT2D eigenvalue weighted by molar-refractivity contribution is 7.91. The Morgan fingerprint density at radius 2 is 0.714 bits per heavy atom. The van der Waals surface area contributed by atoms with E-state index < -0.39 is 43.2 Å². The first-order valence-corrected chi connectivity index (χ1v) is 15.6. The summed E-state index contributed by atoms with van der Waals surface area (Å²) in [7, 11) is -4.86. The molecule has 2 heterocycles. The molecule has 0 saturated carbocycles. The topological polar surface area (TPSA) is 68.3 Å². The zero-order valence-electron chi connectivity index (χ0n) is 19.0. The Morgan fingerprint density at radius 1 is 0.429 bits per heavy atom. The lowest BCUT2D eigenvalue weighted by Gasteiger charge is -2.19. The van der Waals surface area contributed by atoms with Crippen LogP contribution in [-0.2, 0) is 43.2 Å². The number of hydrogen-bond acceptors (Lipinski definition) is 4. The van der Waals surface area contributed by atoms with Crippen LogP contribution in [0.3, 0.4) is 0 Å². The fourth-order valence-corrected chi connectivity index (χ4v) is 10.3. The average molecular weight is 539 g/mol. The fraction of sp³-hybridized carbons (Fsp3) is 0.111. The third-order valence-electron chi connectivity index (χ3n) is 5.78. The summed E-state index contributed by atoms with van der Waals surface area (Å²) in [6, 6.07) is 27.4. The van der Waals surface area contributed by atoms with E-state index in [0.717, 1.165) is 5.56 Å². The number of hydrogen-bond donors (Lipinski definition) is 0. The van der Waals surface area contributed by atoms with Gasteiger partial charge >= 0.3 is 0 Å². The van der Waals surface area contributed by atoms with Crippen molar-refractivity contribution >= 4 is 43.2 Å². The van der Waals surface area contributed by atoms with E-state index >= 15 is 0 Å². The van der Waals surface area contributed by atoms with Gasteiger partial charge < -0.3 is 0 Å². The maximum Gasteiger partial charge on any atom is 0.0874 e. The smallest absolute Gasteiger partial charge is 0.0874 e. The molecule has 0 fully saturated rings. The van der Waals surface area contributed by atoms with E-state index in [-0.39, 0.29) is 0 Å². The molecule has 4 aromatic rings. The summed E-state index contributed by atoms with van der Waals surface area (Å²) in [6.07, 6.45) is 0. The number of benzene rings is 4. The van der Waals surface area contributed by atoms with Crippen LogP contribution in [0.2, 0.25) is 0 Å². The summed E-state index contributed by atoms with van der Waals surface area (Å²) >= 11 is 0. The Balaban J connectivity index is 0.000000147. The number of rotatable bonds is 1. The Labute approximate surface area is 214 Å². The van der Waals surface area contributed by atoms with E-state index in [0.29, 0.717) is 45.1 Å². The van der Waals surface area contributed by atoms with Gasteiger partial charge in [0.25, 0.3) is 0 Å². The molecule has 2 atom stereocenters. The summed E-state index contributed by atoms with van der Waals surface area (Å²) in [5, 5.41) is 0. The first-order valence-electron chi connectivity index (χ1n) is 11.0. The molecule has 0 N–H and O–H groups in total. The van der Waals surface area contributed by atoms with Crippen LogP contribution in [0, 0.1) is 0 Å². The molecule has 8 heteroatoms. The van der Waals surface area contributed by atoms with Crippen LogP contribution in [0.1, 0.15) is 25.3 Å². The zero-order chi connectivity index (χ0) is 24.7. The van der Waals surface area contributed by atoms with E-state index in [1.165, 1.54) is 0 Å². The summed E-state index contributed by atoms with van der Waals surface area (Å²) in [5.41, 5.74) is 1.13. The van der Waals surface area contributed by atoms with Gasteiger partial charge in [0.05, 0.1) is 82.4 Å². The van der Waals surface area contributed by atoms with E-state index in [1.54, 1.807) is 36.4 Å². The molecule has 2 aliphatic heterocycles. The highest BCUT2D eigenvalue weighted by Crippen LogP contribution is 2.37. The molecular formula is C27H22O4S4. The first kappa shape index (κ1) is 24.2. The molecule has 4 aromatic carbocycles. The average Bonchev–Trinajstić information content (AvgIpc) is 2.90. The summed E-state index contributed by atoms with van der Waals surface area (Å²) in [5.74, 6) is 0.368. The molecule has 2 unspecified atom stereocenters. The molecule has 6 rings (SSSR count). The van der Waals surface area contributed by atoms with Crippen LogP contribution in [0.15, 0.2) is 130 Å². The molecule has 35 heavy (non-hydrogen) atoms. The Hall–Kier alpha value is -2.52. The Morgan fingerprint density at radius 3 is 1.03 bits per heavy atom. The largest absolute Gasteiger partial charge is 0.249 e. The van der Waals surface area contributed by atoms with Gasteiger partial charge in [-0.05, 0) is 60.0 Å². The Kier molecular flexibility index (Phi) is 6.81. The normalized spacial score (nSPS) is 21.6. The highest BCUT2D eigenvalue weighted by atomic mass is 32.2. The minimum atomic E-state index is -1.23. The molecule has 0 saturated heterocycles. The second-order valence-corrected chi connectivity index (χ2v) is 13.9. The van der Waals surface area contributed by atoms with Crippen LogP contribution in [0.5, 0.6) is 0 Å². The minimum absolute atomic E-state index is 0.368. The van der Waals surface area contributed by atoms with Gasteiger partial charge in [0, 0.05) is 0 Å². The van der Waals surface area contributed by atoms with E-state index in [4.69, 9.17) is 0 Å². The fourth-order valence-electron chi connectivity index (χ4n) is 3.93. The van der Waals surface area contributed by atoms with Crippen LogP contribution >= 0.6 is 0 Å². The van der Waals surface area contributed by atoms with Crippen molar-refractivity contribution < 1.29 is 16.8 Å². The van der Waals surface area contributed by atoms with Crippen LogP contribution in [0.4, 0.5) is 0 Å². The molecule has 0 aromatic heterocycles. The second-order valence-electron chi connectivity index (χ2n) is 8.28. The van der Waals surface area contributed by atoms with Crippen LogP contribution < -0.4 is 0 Å². The van der Waals surface area contributed by atoms with Crippen molar-refractivity contribution in [1.82, 2.24) is 0 Å². The quantitative estimate of drug-likeness (QED) is 0.266. The van der Waals surface area contributed by atoms with Crippen LogP contribution in [-0.4, -0.2) is 16.8 Å². The lowest BCUT2D eigenvalue weighted by Crippen LogP contribution is -2.11. The molecule has 0 amide bonds. The van der Waals surface area contributed by atoms with Crippen molar-refractivity contribution in [3.8, 4) is 0 Å². The molecule has 0 bridgehead atoms. The standard InChI is InChI=1S/C15H14O2S2.C12H8O2S2/c1-10(2)11-7-8-14-15(9-11)19(17)13-6-4-3-5-12(13)18(14)16;13-15-9-5-1-2-6-10(9)16(14)12-8-4-3-7-11(12)15/h3-10H,1-2H3;1-8H. The first-order chi connectivity index (χ1) is 16.9. The SMILES string of the molecule is CC(C)c1ccc2c(c1)S(=O)c1ccccc1S2=O.O=S1c2ccccc2S(=O)c2ccccc21. The second kappa shape index (κ2) is 9.85. The molecule has 0 spiro atoms. The summed E-state index contributed by atoms with van der Waals surface area (Å²) in [4.78, 5) is 5.39. The van der Waals surface area contributed by atoms with Gasteiger partial charge in [0.1, 0.15) is 0 Å². The highest BCUT2D eigenvalue weighted by Gasteiger charge is 2.28. The third kappa shape index (κ3) is 4.33. The van der Waals surface area contributed by atoms with E-state index in [9.17, 15) is 16.8 Å². The molecule has 4 nitrogen and oxygen atoms in total. The van der Waals surface area contributed by atoms with Gasteiger partial charge in [-0.25, -0.2) is 16.8 Å². The van der Waals surface area contributed by atoms with Crippen molar-refractivity contribution in [2.45, 2.75) is 58.9 Å². The maximum atomic E-state index is 12.6. The Bertz CT molecular complexity index is 1450. The van der Waals surface area contributed by atoms with Gasteiger partial charge in [-0.1, -0.05) is 56.3 Å². The third-order valence-corrected chi connectivity index (χ3v) is 12.3. The molecule has 2 aliphatic rings. The van der Waals surface area contributed by atoms with Gasteiger partial charge in [0.2, 0.25) is 0 Å². The van der Waals surface area contributed by atoms with Crippen molar-refractivity contribution in [2.75, 3.05) is 0 Å². The van der Waals surface area contributed by atoms with Gasteiger partial charge in [0.15, 0.2) is 0 Å². The van der Waals surface area contributed by atoms with Crippen molar-refractivity contribution in [1.29, 1.82) is 0 Å². The molecule has 0 radical (unpaired) electrons. The predicted molar refractivity (Wildman–Crippen MR) is 139 cm³/mol. The summed E-state index contributed by atoms with van der Waals surface area (Å²) in [6.45, 7) is 4.19. The number of fused-ring (bicyclic) bond motifs is 4. The summed E-state index contributed by atoms with van der Waals surface area (Å²) < 4.78 is 49.6. The lowest BCUT2D eigenvalue weighted by atomic mass is 10.0. The zero-order valence-corrected chi connectivity index (χ0v) is 22.3. The molecule has 0 aliphatic carbocycles. The maximum absolute atomic E-state index is 12.6. The van der Waals surface area contributed by atoms with E-state index in [2.05, 4.69) is 13.8 Å². The minimum Gasteiger partial charge on any atom is -0.249 e.